The molecule has 2 aromatic rings. The third-order valence-corrected chi connectivity index (χ3v) is 5.53. The molecule has 108 valence electrons. The van der Waals surface area contributed by atoms with Gasteiger partial charge in [-0.2, -0.15) is 0 Å². The third-order valence-electron chi connectivity index (χ3n) is 3.97. The molecule has 20 heavy (non-hydrogen) atoms. The van der Waals surface area contributed by atoms with E-state index in [1.165, 1.54) is 6.20 Å². The standard InChI is InChI=1S/C14H19N3O2S/c1-9-2-4-11(6-9)17-20(18,19)14-8-16-13-5-3-10(15)7-12(13)14/h3,5,7-9,11,16-17H,2,4,6,15H2,1H3. The van der Waals surface area contributed by atoms with Gasteiger partial charge in [0.25, 0.3) is 0 Å². The first-order valence-corrected chi connectivity index (χ1v) is 8.33. The van der Waals surface area contributed by atoms with Gasteiger partial charge in [-0.3, -0.25) is 0 Å². The van der Waals surface area contributed by atoms with Crippen molar-refractivity contribution in [3.05, 3.63) is 24.4 Å². The van der Waals surface area contributed by atoms with Gasteiger partial charge in [0.05, 0.1) is 0 Å². The Morgan fingerprint density at radius 1 is 1.35 bits per heavy atom. The lowest BCUT2D eigenvalue weighted by Gasteiger charge is -2.12. The fourth-order valence-electron chi connectivity index (χ4n) is 2.93. The summed E-state index contributed by atoms with van der Waals surface area (Å²) in [6.07, 6.45) is 4.42. The number of nitrogens with one attached hydrogen (secondary N) is 2. The third kappa shape index (κ3) is 2.41. The molecule has 2 atom stereocenters. The van der Waals surface area contributed by atoms with Gasteiger partial charge >= 0.3 is 0 Å². The fourth-order valence-corrected chi connectivity index (χ4v) is 4.38. The molecule has 1 heterocycles. The first kappa shape index (κ1) is 13.5. The van der Waals surface area contributed by atoms with Crippen molar-refractivity contribution >= 4 is 26.6 Å². The van der Waals surface area contributed by atoms with Gasteiger partial charge in [-0.15, -0.1) is 0 Å². The average Bonchev–Trinajstić information content (AvgIpc) is 2.95. The molecule has 0 radical (unpaired) electrons. The maximum atomic E-state index is 12.5. The minimum atomic E-state index is -3.50. The smallest absolute Gasteiger partial charge is 0.242 e. The van der Waals surface area contributed by atoms with Gasteiger partial charge in [0, 0.05) is 28.8 Å². The van der Waals surface area contributed by atoms with Crippen LogP contribution in [0.25, 0.3) is 10.9 Å². The van der Waals surface area contributed by atoms with Gasteiger partial charge in [0.15, 0.2) is 0 Å². The molecule has 1 aromatic heterocycles. The number of nitrogen functional groups attached to an aromatic ring is 1. The van der Waals surface area contributed by atoms with Crippen molar-refractivity contribution in [2.24, 2.45) is 5.92 Å². The summed E-state index contributed by atoms with van der Waals surface area (Å²) < 4.78 is 27.8. The summed E-state index contributed by atoms with van der Waals surface area (Å²) in [5.41, 5.74) is 7.08. The second-order valence-electron chi connectivity index (χ2n) is 5.69. The molecule has 3 rings (SSSR count). The summed E-state index contributed by atoms with van der Waals surface area (Å²) in [5.74, 6) is 0.585. The lowest BCUT2D eigenvalue weighted by atomic mass is 10.1. The van der Waals surface area contributed by atoms with E-state index in [1.807, 2.05) is 0 Å². The van der Waals surface area contributed by atoms with E-state index in [-0.39, 0.29) is 10.9 Å². The van der Waals surface area contributed by atoms with E-state index in [9.17, 15) is 8.42 Å². The number of H-pyrrole nitrogens is 1. The number of aromatic nitrogens is 1. The van der Waals surface area contributed by atoms with Crippen LogP contribution < -0.4 is 10.5 Å². The van der Waals surface area contributed by atoms with E-state index in [2.05, 4.69) is 16.6 Å². The van der Waals surface area contributed by atoms with E-state index >= 15 is 0 Å². The fraction of sp³-hybridized carbons (Fsp3) is 0.429. The van der Waals surface area contributed by atoms with E-state index < -0.39 is 10.0 Å². The van der Waals surface area contributed by atoms with Gasteiger partial charge in [0.1, 0.15) is 4.90 Å². The average molecular weight is 293 g/mol. The van der Waals surface area contributed by atoms with Crippen molar-refractivity contribution < 1.29 is 8.42 Å². The van der Waals surface area contributed by atoms with Crippen LogP contribution in [0.15, 0.2) is 29.3 Å². The number of sulfonamides is 1. The molecule has 4 N–H and O–H groups in total. The Hall–Kier alpha value is -1.53. The highest BCUT2D eigenvalue weighted by Crippen LogP contribution is 2.28. The van der Waals surface area contributed by atoms with E-state index in [1.54, 1.807) is 18.2 Å². The van der Waals surface area contributed by atoms with Crippen LogP contribution in [-0.2, 0) is 10.0 Å². The summed E-state index contributed by atoms with van der Waals surface area (Å²) in [5, 5.41) is 0.642. The monoisotopic (exact) mass is 293 g/mol. The summed E-state index contributed by atoms with van der Waals surface area (Å²) in [6, 6.07) is 5.28. The first-order valence-electron chi connectivity index (χ1n) is 6.84. The zero-order chi connectivity index (χ0) is 14.3. The molecule has 0 spiro atoms. The van der Waals surface area contributed by atoms with Crippen LogP contribution in [0.5, 0.6) is 0 Å². The van der Waals surface area contributed by atoms with Crippen LogP contribution in [0.4, 0.5) is 5.69 Å². The lowest BCUT2D eigenvalue weighted by Crippen LogP contribution is -2.32. The van der Waals surface area contributed by atoms with Crippen molar-refractivity contribution in [1.82, 2.24) is 9.71 Å². The van der Waals surface area contributed by atoms with Crippen molar-refractivity contribution in [2.45, 2.75) is 37.1 Å². The number of aromatic amines is 1. The molecular weight excluding hydrogens is 274 g/mol. The van der Waals surface area contributed by atoms with Crippen LogP contribution >= 0.6 is 0 Å². The molecule has 1 aliphatic rings. The lowest BCUT2D eigenvalue weighted by molar-refractivity contribution is 0.539. The minimum absolute atomic E-state index is 0.0426. The zero-order valence-electron chi connectivity index (χ0n) is 11.4. The molecule has 0 saturated heterocycles. The Morgan fingerprint density at radius 3 is 2.85 bits per heavy atom. The maximum absolute atomic E-state index is 12.5. The minimum Gasteiger partial charge on any atom is -0.399 e. The molecule has 0 bridgehead atoms. The van der Waals surface area contributed by atoms with E-state index in [0.29, 0.717) is 17.0 Å². The van der Waals surface area contributed by atoms with Crippen molar-refractivity contribution in [3.8, 4) is 0 Å². The molecule has 0 aliphatic heterocycles. The topological polar surface area (TPSA) is 88.0 Å². The zero-order valence-corrected chi connectivity index (χ0v) is 12.2. The van der Waals surface area contributed by atoms with Gasteiger partial charge in [-0.25, -0.2) is 13.1 Å². The summed E-state index contributed by atoms with van der Waals surface area (Å²) in [4.78, 5) is 3.26. The highest BCUT2D eigenvalue weighted by atomic mass is 32.2. The van der Waals surface area contributed by atoms with Crippen LogP contribution in [0, 0.1) is 5.92 Å². The largest absolute Gasteiger partial charge is 0.399 e. The van der Waals surface area contributed by atoms with Crippen LogP contribution in [0.3, 0.4) is 0 Å². The molecule has 1 saturated carbocycles. The quantitative estimate of drug-likeness (QED) is 0.758. The van der Waals surface area contributed by atoms with E-state index in [4.69, 9.17) is 5.73 Å². The Balaban J connectivity index is 1.95. The highest BCUT2D eigenvalue weighted by Gasteiger charge is 2.27. The molecule has 6 heteroatoms. The Labute approximate surface area is 118 Å². The molecular formula is C14H19N3O2S. The number of hydrogen-bond donors (Lipinski definition) is 3. The number of hydrogen-bond acceptors (Lipinski definition) is 3. The van der Waals surface area contributed by atoms with Crippen molar-refractivity contribution in [1.29, 1.82) is 0 Å². The van der Waals surface area contributed by atoms with Crippen molar-refractivity contribution in [2.75, 3.05) is 5.73 Å². The predicted octanol–water partition coefficient (Wildman–Crippen LogP) is 2.22. The number of fused-ring (bicyclic) bond motifs is 1. The summed E-state index contributed by atoms with van der Waals surface area (Å²) in [6.45, 7) is 2.15. The molecule has 0 amide bonds. The number of benzene rings is 1. The maximum Gasteiger partial charge on any atom is 0.242 e. The number of rotatable bonds is 3. The van der Waals surface area contributed by atoms with Crippen LogP contribution in [-0.4, -0.2) is 19.4 Å². The van der Waals surface area contributed by atoms with E-state index in [0.717, 1.165) is 24.8 Å². The van der Waals surface area contributed by atoms with Gasteiger partial charge < -0.3 is 10.7 Å². The number of nitrogens with two attached hydrogens (primary N) is 1. The summed E-state index contributed by atoms with van der Waals surface area (Å²) in [7, 11) is -3.50. The Bertz CT molecular complexity index is 736. The predicted molar refractivity (Wildman–Crippen MR) is 79.8 cm³/mol. The van der Waals surface area contributed by atoms with Gasteiger partial charge in [-0.1, -0.05) is 6.92 Å². The Kier molecular flexibility index (Phi) is 3.22. The Morgan fingerprint density at radius 2 is 2.15 bits per heavy atom. The highest BCUT2D eigenvalue weighted by molar-refractivity contribution is 7.89. The second-order valence-corrected chi connectivity index (χ2v) is 7.38. The van der Waals surface area contributed by atoms with Crippen molar-refractivity contribution in [3.63, 3.8) is 0 Å². The molecule has 1 aliphatic carbocycles. The molecule has 1 aromatic carbocycles. The second kappa shape index (κ2) is 4.79. The van der Waals surface area contributed by atoms with Crippen LogP contribution in [0.1, 0.15) is 26.2 Å². The van der Waals surface area contributed by atoms with Gasteiger partial charge in [-0.05, 0) is 43.4 Å². The summed E-state index contributed by atoms with van der Waals surface area (Å²) >= 11 is 0. The van der Waals surface area contributed by atoms with Crippen LogP contribution in [0.2, 0.25) is 0 Å². The van der Waals surface area contributed by atoms with Gasteiger partial charge in [0.2, 0.25) is 10.0 Å². The molecule has 5 nitrogen and oxygen atoms in total. The molecule has 1 fully saturated rings. The number of anilines is 1. The normalized spacial score (nSPS) is 23.4. The molecule has 2 unspecified atom stereocenters. The first-order chi connectivity index (χ1) is 9.45. The SMILES string of the molecule is CC1CCC(NS(=O)(=O)c2c[nH]c3ccc(N)cc23)C1.